The Morgan fingerprint density at radius 3 is 1.48 bits per heavy atom. The zero-order valence-corrected chi connectivity index (χ0v) is 61.9. The number of nitrogens with two attached hydrogens (primary N) is 1. The highest BCUT2D eigenvalue weighted by Gasteiger charge is 2.63. The molecule has 25 nitrogen and oxygen atoms in total. The molecule has 0 unspecified atom stereocenters. The molecule has 12 rings (SSSR count). The molecule has 2 aromatic heterocycles. The summed E-state index contributed by atoms with van der Waals surface area (Å²) in [5.41, 5.74) is -0.121. The van der Waals surface area contributed by atoms with Crippen molar-refractivity contribution in [1.29, 1.82) is 0 Å². The minimum atomic E-state index is -1.41. The third-order valence-electron chi connectivity index (χ3n) is 17.7. The fraction of sp³-hybridized carbons (Fsp3) is 0.472. The van der Waals surface area contributed by atoms with Crippen LogP contribution in [-0.2, 0) is 38.2 Å². The third-order valence-corrected chi connectivity index (χ3v) is 20.5. The maximum Gasteiger partial charge on any atom is 0.408 e. The molecule has 2 aliphatic carbocycles. The smallest absolute Gasteiger partial charge is 0.408 e. The first kappa shape index (κ1) is 75.3. The molecule has 0 spiro atoms. The maximum absolute atomic E-state index is 14.3. The summed E-state index contributed by atoms with van der Waals surface area (Å²) in [6, 6.07) is 25.7. The van der Waals surface area contributed by atoms with Crippen molar-refractivity contribution in [3.05, 3.63) is 130 Å². The van der Waals surface area contributed by atoms with E-state index < -0.39 is 106 Å². The molecule has 7 amide bonds. The summed E-state index contributed by atoms with van der Waals surface area (Å²) in [6.07, 6.45) is 13.2. The van der Waals surface area contributed by atoms with Gasteiger partial charge in [0.1, 0.15) is 64.4 Å². The number of aliphatic carboxylic acids is 1. The van der Waals surface area contributed by atoms with E-state index in [-0.39, 0.29) is 44.2 Å². The number of benzene rings is 4. The van der Waals surface area contributed by atoms with Gasteiger partial charge in [0.05, 0.1) is 33.5 Å². The van der Waals surface area contributed by atoms with Crippen molar-refractivity contribution in [3.63, 3.8) is 0 Å². The largest absolute Gasteiger partial charge is 0.479 e. The van der Waals surface area contributed by atoms with Gasteiger partial charge in [0.15, 0.2) is 5.75 Å². The average molecular weight is 1560 g/mol. The summed E-state index contributed by atoms with van der Waals surface area (Å²) in [6.45, 7) is 10.6. The fourth-order valence-electron chi connectivity index (χ4n) is 12.5. The number of halogens is 2. The first-order valence-electron chi connectivity index (χ1n) is 33.9. The summed E-state index contributed by atoms with van der Waals surface area (Å²) in [7, 11) is 0. The van der Waals surface area contributed by atoms with Crippen LogP contribution in [0.15, 0.2) is 130 Å². The number of hydroxylamine groups is 1. The second kappa shape index (κ2) is 33.2. The highest BCUT2D eigenvalue weighted by molar-refractivity contribution is 9.10. The minimum absolute atomic E-state index is 0.0758. The van der Waals surface area contributed by atoms with Gasteiger partial charge in [-0.25, -0.2) is 24.4 Å². The molecule has 101 heavy (non-hydrogen) atoms. The molecule has 540 valence electrons. The summed E-state index contributed by atoms with van der Waals surface area (Å²) in [4.78, 5) is 130. The van der Waals surface area contributed by atoms with E-state index in [1.54, 1.807) is 77.9 Å². The van der Waals surface area contributed by atoms with Crippen LogP contribution in [0.3, 0.4) is 0 Å². The SMILES string of the molecule is CC(C)(C)OC(=O)N[C@H]1CCCCC/C=C\[C@@H]2C[C@@]2(C(=O)NOc2ccccc2)NC(=O)[C@@H]2C[C@@H](Oc3nc4ccc(Br)cc4s3)CN2C1=O.CC(C)(C)OC(=O)N[C@H]1CCCCC/C=C\[C@@H]2C[C@@]2(C(=O)O)NC(=O)[C@@H]2C[C@@H](Oc3nc4ccc(Br)cc4s3)CN2C1=O.NOc1ccccc1. The van der Waals surface area contributed by atoms with E-state index in [2.05, 4.69) is 73.4 Å². The van der Waals surface area contributed by atoms with Crippen LogP contribution in [0, 0.1) is 11.8 Å². The molecule has 4 fully saturated rings. The molecular formula is C72H86Br2N10O15S2. The Kier molecular flexibility index (Phi) is 24.7. The average Bonchev–Trinajstić information content (AvgIpc) is 1.75. The second-order valence-electron chi connectivity index (χ2n) is 27.8. The van der Waals surface area contributed by atoms with Gasteiger partial charge in [-0.15, -0.1) is 0 Å². The number of carbonyl (C=O) groups excluding carboxylic acids is 7. The van der Waals surface area contributed by atoms with Crippen LogP contribution in [-0.4, -0.2) is 144 Å². The molecule has 6 heterocycles. The van der Waals surface area contributed by atoms with Crippen LogP contribution in [0.1, 0.15) is 131 Å². The van der Waals surface area contributed by atoms with Gasteiger partial charge in [0.2, 0.25) is 23.6 Å². The van der Waals surface area contributed by atoms with E-state index in [0.717, 1.165) is 67.9 Å². The van der Waals surface area contributed by atoms with Crippen molar-refractivity contribution in [1.82, 2.24) is 46.5 Å². The number of amides is 7. The van der Waals surface area contributed by atoms with E-state index in [0.29, 0.717) is 54.0 Å². The van der Waals surface area contributed by atoms with Gasteiger partial charge < -0.3 is 64.8 Å². The lowest BCUT2D eigenvalue weighted by Gasteiger charge is -2.30. The number of carboxylic acids is 1. The van der Waals surface area contributed by atoms with Gasteiger partial charge in [-0.3, -0.25) is 24.0 Å². The van der Waals surface area contributed by atoms with Crippen molar-refractivity contribution in [2.24, 2.45) is 17.7 Å². The lowest BCUT2D eigenvalue weighted by molar-refractivity contribution is -0.145. The molecule has 2 saturated heterocycles. The fourth-order valence-corrected chi connectivity index (χ4v) is 15.4. The number of rotatable bonds is 11. The quantitative estimate of drug-likeness (QED) is 0.0468. The Morgan fingerprint density at radius 1 is 0.604 bits per heavy atom. The number of thiazole rings is 2. The topological polar surface area (TPSA) is 331 Å². The van der Waals surface area contributed by atoms with Crippen molar-refractivity contribution in [3.8, 4) is 21.9 Å². The minimum Gasteiger partial charge on any atom is -0.479 e. The van der Waals surface area contributed by atoms with E-state index >= 15 is 0 Å². The Labute approximate surface area is 610 Å². The van der Waals surface area contributed by atoms with Crippen LogP contribution in [0.5, 0.6) is 21.9 Å². The first-order valence-corrected chi connectivity index (χ1v) is 37.1. The normalized spacial score (nSPS) is 26.1. The standard InChI is InChI=1S/C36H42BrN5O7S.C30H37BrN4O7S.C6H7NO/c1-35(2,3)48-33(46)38-27-15-11-6-4-5-8-12-22-20-36(22,32(45)41-49-24-13-9-7-10-14-24)40-30(43)28-19-25(21-42(28)31(27)44)47-34-39-26-17-16-23(37)18-29(26)50-34;1-29(2,3)42-27(40)32-21-10-8-6-4-5-7-9-17-15-30(17,26(38)39)34-24(36)22-14-19(16-35(22)25(21)37)41-28-33-20-12-11-18(31)13-23(20)43-28;7-8-6-4-2-1-3-5-6/h7-10,12-14,16-18,22,25,27-28H,4-6,11,15,19-21H2,1-3H3,(H,38,46)(H,40,43)(H,41,45);7,9,11-13,17,19,21-22H,4-6,8,10,14-16H2,1-3H3,(H,32,40)(H,34,36)(H,38,39);1-5H,7H2/b12-8-;9-7-;/t22-,25-,27+,28+,36-;17-,19-,21+,22+,30-;/m11./s1. The molecule has 0 radical (unpaired) electrons. The lowest BCUT2D eigenvalue weighted by atomic mass is 10.0. The van der Waals surface area contributed by atoms with E-state index in [4.69, 9.17) is 29.7 Å². The number of fused-ring (bicyclic) bond motifs is 6. The monoisotopic (exact) mass is 1550 g/mol. The molecule has 4 aliphatic heterocycles. The number of ether oxygens (including phenoxy) is 4. The molecule has 10 atom stereocenters. The number of allylic oxidation sites excluding steroid dienone is 2. The second-order valence-corrected chi connectivity index (χ2v) is 31.6. The van der Waals surface area contributed by atoms with Crippen LogP contribution in [0.25, 0.3) is 20.4 Å². The van der Waals surface area contributed by atoms with Crippen LogP contribution in [0.2, 0.25) is 0 Å². The molecule has 4 aromatic carbocycles. The van der Waals surface area contributed by atoms with Gasteiger partial charge in [-0.1, -0.05) is 141 Å². The predicted molar refractivity (Wildman–Crippen MR) is 387 cm³/mol. The number of hydrogen-bond acceptors (Lipinski definition) is 19. The predicted octanol–water partition coefficient (Wildman–Crippen LogP) is 11.5. The van der Waals surface area contributed by atoms with Gasteiger partial charge >= 0.3 is 18.2 Å². The van der Waals surface area contributed by atoms with Gasteiger partial charge in [0.25, 0.3) is 16.3 Å². The number of hydrogen-bond donors (Lipinski definition) is 7. The lowest BCUT2D eigenvalue weighted by Crippen LogP contribution is -2.58. The number of carboxylic acid groups (broad SMARTS) is 1. The number of para-hydroxylation sites is 2. The van der Waals surface area contributed by atoms with Crippen LogP contribution < -0.4 is 51.8 Å². The Morgan fingerprint density at radius 2 is 1.04 bits per heavy atom. The highest BCUT2D eigenvalue weighted by atomic mass is 79.9. The highest BCUT2D eigenvalue weighted by Crippen LogP contribution is 2.47. The number of aromatic nitrogens is 2. The Balaban J connectivity index is 0.000000197. The third kappa shape index (κ3) is 20.3. The van der Waals surface area contributed by atoms with Gasteiger partial charge in [-0.2, -0.15) is 11.4 Å². The molecular weight excluding hydrogens is 1470 g/mol. The van der Waals surface area contributed by atoms with Gasteiger partial charge in [-0.05, 0) is 154 Å². The summed E-state index contributed by atoms with van der Waals surface area (Å²) >= 11 is 9.68. The number of alkyl carbamates (subject to hydrolysis) is 2. The van der Waals surface area contributed by atoms with E-state index in [1.807, 2.05) is 85.0 Å². The molecule has 0 bridgehead atoms. The van der Waals surface area contributed by atoms with Crippen molar-refractivity contribution in [2.45, 2.75) is 190 Å². The molecule has 6 aromatic rings. The first-order chi connectivity index (χ1) is 48.2. The van der Waals surface area contributed by atoms with Crippen molar-refractivity contribution < 1.29 is 72.1 Å². The zero-order chi connectivity index (χ0) is 72.2. The van der Waals surface area contributed by atoms with Crippen molar-refractivity contribution in [2.75, 3.05) is 13.1 Å². The number of carbonyl (C=O) groups is 8. The van der Waals surface area contributed by atoms with E-state index in [1.165, 1.54) is 32.5 Å². The Bertz CT molecular complexity index is 4020. The summed E-state index contributed by atoms with van der Waals surface area (Å²) in [5, 5.41) is 22.1. The zero-order valence-electron chi connectivity index (χ0n) is 57.1. The molecule has 2 saturated carbocycles. The van der Waals surface area contributed by atoms with Crippen LogP contribution in [0.4, 0.5) is 9.59 Å². The Hall–Kier alpha value is -8.38. The molecule has 29 heteroatoms. The number of nitrogens with zero attached hydrogens (tertiary/aromatic N) is 4. The number of nitrogens with one attached hydrogen (secondary N) is 5. The van der Waals surface area contributed by atoms with Gasteiger partial charge in [0, 0.05) is 33.6 Å². The van der Waals surface area contributed by atoms with E-state index in [9.17, 15) is 43.5 Å². The molecule has 6 aliphatic rings. The molecule has 8 N–H and O–H groups in total. The summed E-state index contributed by atoms with van der Waals surface area (Å²) in [5.74, 6) is 1.93. The maximum atomic E-state index is 14.3. The van der Waals surface area contributed by atoms with Crippen molar-refractivity contribution >= 4 is 123 Å². The van der Waals surface area contributed by atoms with Crippen LogP contribution >= 0.6 is 54.5 Å². The summed E-state index contributed by atoms with van der Waals surface area (Å²) < 4.78 is 27.1.